The van der Waals surface area contributed by atoms with Crippen molar-refractivity contribution in [3.05, 3.63) is 106 Å². The summed E-state index contributed by atoms with van der Waals surface area (Å²) in [7, 11) is 0. The molecular formula is C31H33BrF3N5O. The van der Waals surface area contributed by atoms with Crippen LogP contribution in [0.4, 0.5) is 13.2 Å². The number of amides is 1. The van der Waals surface area contributed by atoms with Gasteiger partial charge in [-0.1, -0.05) is 67.0 Å². The zero-order chi connectivity index (χ0) is 29.7. The molecule has 4 rings (SSSR count). The number of carbonyl (C=O) groups is 1. The van der Waals surface area contributed by atoms with Gasteiger partial charge in [-0.25, -0.2) is 22.8 Å². The van der Waals surface area contributed by atoms with Crippen molar-refractivity contribution in [3.63, 3.8) is 0 Å². The lowest BCUT2D eigenvalue weighted by atomic mass is 9.84. The summed E-state index contributed by atoms with van der Waals surface area (Å²) in [5.41, 5.74) is 6.57. The molecule has 0 spiro atoms. The van der Waals surface area contributed by atoms with Crippen LogP contribution in [0.2, 0.25) is 0 Å². The number of benzene rings is 3. The highest BCUT2D eigenvalue weighted by Crippen LogP contribution is 2.39. The van der Waals surface area contributed by atoms with Crippen molar-refractivity contribution in [1.29, 1.82) is 0 Å². The Labute approximate surface area is 246 Å². The van der Waals surface area contributed by atoms with Gasteiger partial charge in [-0.3, -0.25) is 4.79 Å². The average Bonchev–Trinajstić information content (AvgIpc) is 3.33. The molecule has 41 heavy (non-hydrogen) atoms. The number of hydrogen-bond acceptors (Lipinski definition) is 4. The highest BCUT2D eigenvalue weighted by molar-refractivity contribution is 9.10. The number of nitrogens with zero attached hydrogens (tertiary/aromatic N) is 4. The molecule has 3 aromatic carbocycles. The molecule has 0 radical (unpaired) electrons. The van der Waals surface area contributed by atoms with Crippen molar-refractivity contribution < 1.29 is 18.0 Å². The highest BCUT2D eigenvalue weighted by atomic mass is 79.9. The largest absolute Gasteiger partial charge is 0.328 e. The normalized spacial score (nSPS) is 13.2. The first-order chi connectivity index (χ1) is 19.5. The fourth-order valence-corrected chi connectivity index (χ4v) is 5.18. The first-order valence-electron chi connectivity index (χ1n) is 13.3. The van der Waals surface area contributed by atoms with Gasteiger partial charge in [-0.05, 0) is 59.9 Å². The van der Waals surface area contributed by atoms with Gasteiger partial charge in [0.1, 0.15) is 18.3 Å². The molecule has 10 heteroatoms. The van der Waals surface area contributed by atoms with Crippen LogP contribution in [0.3, 0.4) is 0 Å². The molecule has 0 saturated heterocycles. The van der Waals surface area contributed by atoms with Gasteiger partial charge in [0.2, 0.25) is 0 Å². The van der Waals surface area contributed by atoms with Gasteiger partial charge in [0.25, 0.3) is 5.91 Å². The van der Waals surface area contributed by atoms with Crippen LogP contribution in [0.1, 0.15) is 55.0 Å². The number of nitrogens with two attached hydrogens (primary N) is 1. The molecule has 0 aliphatic carbocycles. The van der Waals surface area contributed by atoms with Crippen molar-refractivity contribution in [3.8, 4) is 11.4 Å². The predicted octanol–water partition coefficient (Wildman–Crippen LogP) is 6.95. The van der Waals surface area contributed by atoms with Gasteiger partial charge in [0, 0.05) is 22.6 Å². The number of hydrogen-bond donors (Lipinski definition) is 1. The quantitative estimate of drug-likeness (QED) is 0.206. The SMILES string of the molecule is CC(C)(C)[C@H](c1nc(-c2cc(F)ccc2F)nn1Cc1cccc(Br)c1)N(CC[C@H](N)CF)C(=O)c1ccccc1. The van der Waals surface area contributed by atoms with Crippen LogP contribution >= 0.6 is 15.9 Å². The molecule has 0 unspecified atom stereocenters. The molecule has 0 fully saturated rings. The molecule has 6 nitrogen and oxygen atoms in total. The van der Waals surface area contributed by atoms with Crippen LogP contribution < -0.4 is 5.73 Å². The third-order valence-corrected chi connectivity index (χ3v) is 7.18. The third kappa shape index (κ3) is 7.42. The molecular weight excluding hydrogens is 595 g/mol. The van der Waals surface area contributed by atoms with Crippen LogP contribution in [0.15, 0.2) is 77.3 Å². The summed E-state index contributed by atoms with van der Waals surface area (Å²) >= 11 is 3.49. The van der Waals surface area contributed by atoms with Gasteiger partial charge in [-0.2, -0.15) is 5.10 Å². The van der Waals surface area contributed by atoms with E-state index in [-0.39, 0.29) is 36.8 Å². The van der Waals surface area contributed by atoms with Crippen LogP contribution in [-0.4, -0.2) is 44.8 Å². The maximum atomic E-state index is 14.9. The fraction of sp³-hybridized carbons (Fsp3) is 0.323. The topological polar surface area (TPSA) is 77.0 Å². The molecule has 0 aliphatic heterocycles. The summed E-state index contributed by atoms with van der Waals surface area (Å²) in [6, 6.07) is 18.1. The van der Waals surface area contributed by atoms with E-state index in [2.05, 4.69) is 21.0 Å². The van der Waals surface area contributed by atoms with Crippen molar-refractivity contribution in [2.45, 2.75) is 45.8 Å². The first-order valence-corrected chi connectivity index (χ1v) is 14.1. The summed E-state index contributed by atoms with van der Waals surface area (Å²) < 4.78 is 45.0. The van der Waals surface area contributed by atoms with Crippen LogP contribution in [0.25, 0.3) is 11.4 Å². The van der Waals surface area contributed by atoms with Gasteiger partial charge in [-0.15, -0.1) is 0 Å². The fourth-order valence-electron chi connectivity index (χ4n) is 4.73. The second kappa shape index (κ2) is 13.0. The number of halogens is 4. The summed E-state index contributed by atoms with van der Waals surface area (Å²) in [5, 5.41) is 4.63. The molecule has 4 aromatic rings. The maximum Gasteiger partial charge on any atom is 0.254 e. The molecule has 216 valence electrons. The molecule has 2 atom stereocenters. The molecule has 0 bridgehead atoms. The number of alkyl halides is 1. The van der Waals surface area contributed by atoms with E-state index in [1.807, 2.05) is 51.1 Å². The summed E-state index contributed by atoms with van der Waals surface area (Å²) in [6.07, 6.45) is 0.215. The van der Waals surface area contributed by atoms with Crippen molar-refractivity contribution in [1.82, 2.24) is 19.7 Å². The van der Waals surface area contributed by atoms with E-state index in [0.717, 1.165) is 28.2 Å². The number of aromatic nitrogens is 3. The summed E-state index contributed by atoms with van der Waals surface area (Å²) in [6.45, 7) is 5.54. The summed E-state index contributed by atoms with van der Waals surface area (Å²) in [4.78, 5) is 20.4. The molecule has 1 heterocycles. The molecule has 1 amide bonds. The number of carbonyl (C=O) groups excluding carboxylic acids is 1. The van der Waals surface area contributed by atoms with E-state index < -0.39 is 35.8 Å². The Bertz CT molecular complexity index is 1490. The van der Waals surface area contributed by atoms with E-state index in [1.54, 1.807) is 33.8 Å². The molecule has 2 N–H and O–H groups in total. The maximum absolute atomic E-state index is 14.9. The lowest BCUT2D eigenvalue weighted by Crippen LogP contribution is -2.44. The zero-order valence-corrected chi connectivity index (χ0v) is 24.8. The third-order valence-electron chi connectivity index (χ3n) is 6.69. The van der Waals surface area contributed by atoms with Crippen LogP contribution in [0.5, 0.6) is 0 Å². The van der Waals surface area contributed by atoms with Crippen molar-refractivity contribution >= 4 is 21.8 Å². The lowest BCUT2D eigenvalue weighted by Gasteiger charge is -2.40. The Hall–Kier alpha value is -3.50. The minimum atomic E-state index is -0.752. The van der Waals surface area contributed by atoms with Gasteiger partial charge in [0.15, 0.2) is 11.6 Å². The van der Waals surface area contributed by atoms with E-state index in [1.165, 1.54) is 0 Å². The zero-order valence-electron chi connectivity index (χ0n) is 23.2. The van der Waals surface area contributed by atoms with Crippen LogP contribution in [-0.2, 0) is 6.54 Å². The molecule has 0 saturated carbocycles. The number of rotatable bonds is 10. The van der Waals surface area contributed by atoms with E-state index >= 15 is 0 Å². The lowest BCUT2D eigenvalue weighted by molar-refractivity contribution is 0.0469. The Balaban J connectivity index is 1.91. The second-order valence-electron chi connectivity index (χ2n) is 11.0. The van der Waals surface area contributed by atoms with Gasteiger partial charge in [0.05, 0.1) is 18.2 Å². The van der Waals surface area contributed by atoms with E-state index in [4.69, 9.17) is 10.7 Å². The summed E-state index contributed by atoms with van der Waals surface area (Å²) in [5.74, 6) is -1.20. The van der Waals surface area contributed by atoms with Crippen LogP contribution in [0, 0.1) is 17.0 Å². The standard InChI is InChI=1S/C31H33BrF3N5O/c1-31(2,3)27(39(15-14-24(36)18-33)30(41)21-9-5-4-6-10-21)29-37-28(25-17-23(34)12-13-26(25)35)38-40(29)19-20-8-7-11-22(32)16-20/h4-13,16-17,24,27H,14-15,18-19,36H2,1-3H3/t24-,27-/m0/s1. The predicted molar refractivity (Wildman–Crippen MR) is 157 cm³/mol. The Morgan fingerprint density at radius 2 is 1.78 bits per heavy atom. The van der Waals surface area contributed by atoms with E-state index in [9.17, 15) is 18.0 Å². The minimum absolute atomic E-state index is 0.00573. The second-order valence-corrected chi connectivity index (χ2v) is 12.0. The molecule has 1 aromatic heterocycles. The Morgan fingerprint density at radius 1 is 1.05 bits per heavy atom. The van der Waals surface area contributed by atoms with Crippen molar-refractivity contribution in [2.24, 2.45) is 11.1 Å². The Morgan fingerprint density at radius 3 is 2.44 bits per heavy atom. The highest BCUT2D eigenvalue weighted by Gasteiger charge is 2.39. The van der Waals surface area contributed by atoms with Crippen molar-refractivity contribution in [2.75, 3.05) is 13.2 Å². The smallest absolute Gasteiger partial charge is 0.254 e. The average molecular weight is 629 g/mol. The minimum Gasteiger partial charge on any atom is -0.328 e. The van der Waals surface area contributed by atoms with Gasteiger partial charge < -0.3 is 10.6 Å². The van der Waals surface area contributed by atoms with Gasteiger partial charge >= 0.3 is 0 Å². The Kier molecular flexibility index (Phi) is 9.65. The monoisotopic (exact) mass is 627 g/mol. The van der Waals surface area contributed by atoms with E-state index in [0.29, 0.717) is 11.4 Å². The molecule has 0 aliphatic rings. The first kappa shape index (κ1) is 30.5.